The van der Waals surface area contributed by atoms with Gasteiger partial charge in [-0.1, -0.05) is 23.7 Å². The first-order valence-corrected chi connectivity index (χ1v) is 12.9. The van der Waals surface area contributed by atoms with Crippen LogP contribution in [-0.4, -0.2) is 36.2 Å². The number of rotatable bonds is 9. The molecule has 1 saturated heterocycles. The lowest BCUT2D eigenvalue weighted by Gasteiger charge is -2.15. The predicted octanol–water partition coefficient (Wildman–Crippen LogP) is 7.09. The Hall–Kier alpha value is -3.49. The number of likely N-dealkylation sites (N-methyl/N-ethyl adjacent to an activating group) is 1. The highest BCUT2D eigenvalue weighted by Crippen LogP contribution is 2.40. The Balaban J connectivity index is 1.59. The summed E-state index contributed by atoms with van der Waals surface area (Å²) in [4.78, 5) is 19.9. The van der Waals surface area contributed by atoms with E-state index in [0.717, 1.165) is 17.0 Å². The minimum Gasteiger partial charge on any atom is -0.497 e. The van der Waals surface area contributed by atoms with Gasteiger partial charge in [0.2, 0.25) is 0 Å². The Kier molecular flexibility index (Phi) is 8.74. The fourth-order valence-electron chi connectivity index (χ4n) is 3.60. The number of thioether (sulfide) groups is 1. The van der Waals surface area contributed by atoms with E-state index in [9.17, 15) is 9.18 Å². The van der Waals surface area contributed by atoms with E-state index in [2.05, 4.69) is 4.99 Å². The summed E-state index contributed by atoms with van der Waals surface area (Å²) >= 11 is 7.87. The van der Waals surface area contributed by atoms with Crippen LogP contribution < -0.4 is 14.2 Å². The van der Waals surface area contributed by atoms with E-state index in [1.54, 1.807) is 42.4 Å². The van der Waals surface area contributed by atoms with Crippen LogP contribution in [0.25, 0.3) is 6.08 Å². The lowest BCUT2D eigenvalue weighted by atomic mass is 10.1. The van der Waals surface area contributed by atoms with Crippen LogP contribution in [-0.2, 0) is 11.4 Å². The number of amides is 1. The summed E-state index contributed by atoms with van der Waals surface area (Å²) in [5.41, 5.74) is 2.21. The van der Waals surface area contributed by atoms with Crippen LogP contribution in [0.15, 0.2) is 70.6 Å². The molecule has 6 nitrogen and oxygen atoms in total. The third-order valence-electron chi connectivity index (χ3n) is 5.43. The van der Waals surface area contributed by atoms with Crippen LogP contribution in [0.5, 0.6) is 17.2 Å². The summed E-state index contributed by atoms with van der Waals surface area (Å²) < 4.78 is 30.1. The van der Waals surface area contributed by atoms with Crippen molar-refractivity contribution >= 4 is 46.2 Å². The van der Waals surface area contributed by atoms with Crippen LogP contribution >= 0.6 is 23.4 Å². The van der Waals surface area contributed by atoms with Crippen LogP contribution in [0.3, 0.4) is 0 Å². The molecule has 192 valence electrons. The molecular formula is C28H26ClFN2O4S. The largest absolute Gasteiger partial charge is 0.497 e. The monoisotopic (exact) mass is 540 g/mol. The lowest BCUT2D eigenvalue weighted by Crippen LogP contribution is -2.28. The molecular weight excluding hydrogens is 515 g/mol. The molecule has 0 atom stereocenters. The maximum Gasteiger partial charge on any atom is 0.266 e. The fraction of sp³-hybridized carbons (Fsp3) is 0.214. The van der Waals surface area contributed by atoms with Gasteiger partial charge in [-0.15, -0.1) is 0 Å². The number of carbonyl (C=O) groups is 1. The van der Waals surface area contributed by atoms with E-state index in [1.165, 1.54) is 23.9 Å². The Bertz CT molecular complexity index is 1330. The third kappa shape index (κ3) is 6.45. The van der Waals surface area contributed by atoms with Crippen molar-refractivity contribution in [3.05, 3.63) is 87.5 Å². The number of halogens is 2. The van der Waals surface area contributed by atoms with Gasteiger partial charge in [-0.2, -0.15) is 0 Å². The SMILES string of the molecule is CCOc1cc(/C=C2/SC(=Nc3ccc(OC)cc3)N(CC)C2=O)cc(Cl)c1OCc1ccc(F)cc1. The van der Waals surface area contributed by atoms with Crippen molar-refractivity contribution in [2.75, 3.05) is 20.3 Å². The number of aliphatic imine (C=N–C) groups is 1. The zero-order valence-corrected chi connectivity index (χ0v) is 22.2. The zero-order valence-electron chi connectivity index (χ0n) is 20.7. The molecule has 1 aliphatic heterocycles. The minimum atomic E-state index is -0.313. The average Bonchev–Trinajstić information content (AvgIpc) is 3.18. The van der Waals surface area contributed by atoms with Gasteiger partial charge in [0.15, 0.2) is 16.7 Å². The highest BCUT2D eigenvalue weighted by atomic mass is 35.5. The van der Waals surface area contributed by atoms with Crippen LogP contribution in [0.1, 0.15) is 25.0 Å². The molecule has 4 rings (SSSR count). The van der Waals surface area contributed by atoms with E-state index < -0.39 is 0 Å². The molecule has 3 aromatic carbocycles. The first-order chi connectivity index (χ1) is 17.9. The van der Waals surface area contributed by atoms with Gasteiger partial charge in [-0.05, 0) is 91.3 Å². The van der Waals surface area contributed by atoms with Crippen molar-refractivity contribution in [2.45, 2.75) is 20.5 Å². The molecule has 3 aromatic rings. The summed E-state index contributed by atoms with van der Waals surface area (Å²) in [6.45, 7) is 4.85. The molecule has 0 saturated carbocycles. The number of benzene rings is 3. The maximum absolute atomic E-state index is 13.2. The second kappa shape index (κ2) is 12.2. The first kappa shape index (κ1) is 26.6. The van der Waals surface area contributed by atoms with Gasteiger partial charge < -0.3 is 14.2 Å². The molecule has 0 aromatic heterocycles. The molecule has 0 unspecified atom stereocenters. The van der Waals surface area contributed by atoms with E-state index >= 15 is 0 Å². The van der Waals surface area contributed by atoms with Gasteiger partial charge in [0.05, 0.1) is 29.3 Å². The Morgan fingerprint density at radius 3 is 2.43 bits per heavy atom. The molecule has 1 fully saturated rings. The zero-order chi connectivity index (χ0) is 26.4. The molecule has 0 aliphatic carbocycles. The van der Waals surface area contributed by atoms with Crippen LogP contribution in [0.2, 0.25) is 5.02 Å². The summed E-state index contributed by atoms with van der Waals surface area (Å²) in [7, 11) is 1.61. The summed E-state index contributed by atoms with van der Waals surface area (Å²) in [6.07, 6.45) is 1.77. The van der Waals surface area contributed by atoms with Crippen molar-refractivity contribution in [3.63, 3.8) is 0 Å². The van der Waals surface area contributed by atoms with E-state index in [-0.39, 0.29) is 18.3 Å². The van der Waals surface area contributed by atoms with Gasteiger partial charge in [-0.25, -0.2) is 9.38 Å². The summed E-state index contributed by atoms with van der Waals surface area (Å²) in [5, 5.41) is 0.939. The molecule has 0 bridgehead atoms. The Labute approximate surface area is 224 Å². The molecule has 1 aliphatic rings. The topological polar surface area (TPSA) is 60.4 Å². The maximum atomic E-state index is 13.2. The standard InChI is InChI=1S/C28H26ClFN2O4S/c1-4-32-27(33)25(37-28(32)31-21-10-12-22(34-3)13-11-21)16-19-14-23(29)26(24(15-19)35-5-2)36-17-18-6-8-20(30)9-7-18/h6-16H,4-5,17H2,1-3H3/b25-16+,31-28?. The minimum absolute atomic E-state index is 0.134. The number of nitrogens with zero attached hydrogens (tertiary/aromatic N) is 2. The number of carbonyl (C=O) groups excluding carboxylic acids is 1. The molecule has 0 N–H and O–H groups in total. The molecule has 0 radical (unpaired) electrons. The van der Waals surface area contributed by atoms with Crippen molar-refractivity contribution in [3.8, 4) is 17.2 Å². The van der Waals surface area contributed by atoms with Crippen LogP contribution in [0.4, 0.5) is 10.1 Å². The first-order valence-electron chi connectivity index (χ1n) is 11.7. The summed E-state index contributed by atoms with van der Waals surface area (Å²) in [5.74, 6) is 1.13. The van der Waals surface area contributed by atoms with Gasteiger partial charge in [-0.3, -0.25) is 9.69 Å². The number of hydrogen-bond acceptors (Lipinski definition) is 6. The number of ether oxygens (including phenoxy) is 3. The van der Waals surface area contributed by atoms with Crippen molar-refractivity contribution < 1.29 is 23.4 Å². The molecule has 1 heterocycles. The molecule has 37 heavy (non-hydrogen) atoms. The Morgan fingerprint density at radius 1 is 1.05 bits per heavy atom. The summed E-state index contributed by atoms with van der Waals surface area (Å²) in [6, 6.07) is 16.9. The quantitative estimate of drug-likeness (QED) is 0.271. The third-order valence-corrected chi connectivity index (χ3v) is 6.71. The van der Waals surface area contributed by atoms with Gasteiger partial charge in [0, 0.05) is 6.54 Å². The normalized spacial score (nSPS) is 15.5. The Morgan fingerprint density at radius 2 is 1.78 bits per heavy atom. The predicted molar refractivity (Wildman–Crippen MR) is 146 cm³/mol. The van der Waals surface area contributed by atoms with Crippen LogP contribution in [0, 0.1) is 5.82 Å². The van der Waals surface area contributed by atoms with E-state index in [0.29, 0.717) is 45.3 Å². The van der Waals surface area contributed by atoms with Gasteiger partial charge in [0.1, 0.15) is 18.2 Å². The molecule has 1 amide bonds. The van der Waals surface area contributed by atoms with Gasteiger partial charge >= 0.3 is 0 Å². The van der Waals surface area contributed by atoms with Crippen molar-refractivity contribution in [2.24, 2.45) is 4.99 Å². The fourth-order valence-corrected chi connectivity index (χ4v) is 4.94. The second-order valence-electron chi connectivity index (χ2n) is 7.93. The highest BCUT2D eigenvalue weighted by Gasteiger charge is 2.32. The number of methoxy groups -OCH3 is 1. The lowest BCUT2D eigenvalue weighted by molar-refractivity contribution is -0.122. The smallest absolute Gasteiger partial charge is 0.266 e. The van der Waals surface area contributed by atoms with Gasteiger partial charge in [0.25, 0.3) is 5.91 Å². The van der Waals surface area contributed by atoms with E-state index in [4.69, 9.17) is 25.8 Å². The van der Waals surface area contributed by atoms with Crippen molar-refractivity contribution in [1.82, 2.24) is 4.90 Å². The molecule has 9 heteroatoms. The van der Waals surface area contributed by atoms with Crippen molar-refractivity contribution in [1.29, 1.82) is 0 Å². The number of amidine groups is 1. The second-order valence-corrected chi connectivity index (χ2v) is 9.35. The number of hydrogen-bond donors (Lipinski definition) is 0. The highest BCUT2D eigenvalue weighted by molar-refractivity contribution is 8.18. The molecule has 0 spiro atoms. The van der Waals surface area contributed by atoms with E-state index in [1.807, 2.05) is 38.1 Å². The average molecular weight is 541 g/mol.